The Labute approximate surface area is 146 Å². The standard InChI is InChI=1S/C21H42N2/c1-9-22-15-12-17(20(22,5)6)11-10-14-23-16-13-18(19(2,3)4)21(23,7)8/h17-18H,9-16H2,1-8H3/t17-,18-/m0/s1. The Kier molecular flexibility index (Phi) is 5.58. The minimum atomic E-state index is 0.360. The van der Waals surface area contributed by atoms with Crippen molar-refractivity contribution in [1.29, 1.82) is 0 Å². The maximum Gasteiger partial charge on any atom is 0.0186 e. The number of nitrogens with zero attached hydrogens (tertiary/aromatic N) is 2. The van der Waals surface area contributed by atoms with Crippen molar-refractivity contribution in [1.82, 2.24) is 9.80 Å². The normalized spacial score (nSPS) is 31.8. The van der Waals surface area contributed by atoms with Crippen molar-refractivity contribution in [3.05, 3.63) is 0 Å². The first kappa shape index (κ1) is 19.2. The van der Waals surface area contributed by atoms with Crippen molar-refractivity contribution >= 4 is 0 Å². The molecule has 0 aromatic rings. The van der Waals surface area contributed by atoms with Gasteiger partial charge in [-0.2, -0.15) is 0 Å². The minimum Gasteiger partial charge on any atom is -0.298 e. The van der Waals surface area contributed by atoms with Crippen molar-refractivity contribution in [3.8, 4) is 0 Å². The number of likely N-dealkylation sites (tertiary alicyclic amines) is 2. The van der Waals surface area contributed by atoms with Gasteiger partial charge in [-0.25, -0.2) is 0 Å². The monoisotopic (exact) mass is 322 g/mol. The van der Waals surface area contributed by atoms with Crippen LogP contribution in [-0.4, -0.2) is 47.1 Å². The molecule has 136 valence electrons. The van der Waals surface area contributed by atoms with Crippen LogP contribution in [0.25, 0.3) is 0 Å². The maximum atomic E-state index is 2.78. The van der Waals surface area contributed by atoms with Crippen LogP contribution in [0.4, 0.5) is 0 Å². The molecule has 0 saturated carbocycles. The van der Waals surface area contributed by atoms with Gasteiger partial charge in [0.05, 0.1) is 0 Å². The zero-order chi connectivity index (χ0) is 17.5. The average molecular weight is 323 g/mol. The fourth-order valence-corrected chi connectivity index (χ4v) is 5.84. The summed E-state index contributed by atoms with van der Waals surface area (Å²) >= 11 is 0. The smallest absolute Gasteiger partial charge is 0.0186 e. The van der Waals surface area contributed by atoms with Crippen molar-refractivity contribution in [2.75, 3.05) is 26.2 Å². The molecule has 0 bridgehead atoms. The molecular formula is C21H42N2. The lowest BCUT2D eigenvalue weighted by Gasteiger charge is -2.42. The summed E-state index contributed by atoms with van der Waals surface area (Å²) in [6.45, 7) is 24.5. The van der Waals surface area contributed by atoms with E-state index in [0.717, 1.165) is 11.8 Å². The molecule has 2 atom stereocenters. The molecule has 0 aromatic carbocycles. The lowest BCUT2D eigenvalue weighted by Crippen LogP contribution is -2.47. The second-order valence-electron chi connectivity index (χ2n) is 10.2. The van der Waals surface area contributed by atoms with E-state index in [1.165, 1.54) is 51.9 Å². The zero-order valence-corrected chi connectivity index (χ0v) is 17.2. The number of hydrogen-bond acceptors (Lipinski definition) is 2. The van der Waals surface area contributed by atoms with Crippen LogP contribution in [0.2, 0.25) is 0 Å². The molecule has 0 aromatic heterocycles. The predicted octanol–water partition coefficient (Wildman–Crippen LogP) is 5.03. The van der Waals surface area contributed by atoms with Crippen LogP contribution in [0, 0.1) is 17.3 Å². The van der Waals surface area contributed by atoms with Crippen LogP contribution in [0.1, 0.15) is 81.1 Å². The zero-order valence-electron chi connectivity index (χ0n) is 17.2. The Balaban J connectivity index is 1.86. The molecule has 2 fully saturated rings. The van der Waals surface area contributed by atoms with E-state index < -0.39 is 0 Å². The highest BCUT2D eigenvalue weighted by Crippen LogP contribution is 2.45. The lowest BCUT2D eigenvalue weighted by atomic mass is 9.71. The summed E-state index contributed by atoms with van der Waals surface area (Å²) in [6, 6.07) is 0. The van der Waals surface area contributed by atoms with Crippen LogP contribution in [-0.2, 0) is 0 Å². The first-order valence-corrected chi connectivity index (χ1v) is 10.0. The van der Waals surface area contributed by atoms with Gasteiger partial charge in [0.25, 0.3) is 0 Å². The molecular weight excluding hydrogens is 280 g/mol. The van der Waals surface area contributed by atoms with Crippen LogP contribution >= 0.6 is 0 Å². The fourth-order valence-electron chi connectivity index (χ4n) is 5.84. The Hall–Kier alpha value is -0.0800. The third kappa shape index (κ3) is 3.79. The molecule has 23 heavy (non-hydrogen) atoms. The molecule has 2 nitrogen and oxygen atoms in total. The van der Waals surface area contributed by atoms with Gasteiger partial charge in [-0.15, -0.1) is 0 Å². The van der Waals surface area contributed by atoms with Gasteiger partial charge >= 0.3 is 0 Å². The molecule has 0 aliphatic carbocycles. The molecule has 0 spiro atoms. The van der Waals surface area contributed by atoms with Crippen LogP contribution in [0.3, 0.4) is 0 Å². The molecule has 2 saturated heterocycles. The molecule has 2 aliphatic rings. The van der Waals surface area contributed by atoms with Crippen LogP contribution in [0.15, 0.2) is 0 Å². The molecule has 0 unspecified atom stereocenters. The van der Waals surface area contributed by atoms with E-state index in [0.29, 0.717) is 16.5 Å². The molecule has 0 N–H and O–H groups in total. The SMILES string of the molecule is CCN1CC[C@H](CCCN2CC[C@@H](C(C)(C)C)C2(C)C)C1(C)C. The molecule has 2 heterocycles. The summed E-state index contributed by atoms with van der Waals surface area (Å²) in [5.41, 5.74) is 1.19. The van der Waals surface area contributed by atoms with E-state index in [-0.39, 0.29) is 0 Å². The number of rotatable bonds is 5. The molecule has 0 amide bonds. The quantitative estimate of drug-likeness (QED) is 0.700. The van der Waals surface area contributed by atoms with Crippen molar-refractivity contribution < 1.29 is 0 Å². The highest BCUT2D eigenvalue weighted by molar-refractivity contribution is 5.00. The van der Waals surface area contributed by atoms with Gasteiger partial charge in [-0.3, -0.25) is 9.80 Å². The third-order valence-electron chi connectivity index (χ3n) is 7.32. The topological polar surface area (TPSA) is 6.48 Å². The van der Waals surface area contributed by atoms with Gasteiger partial charge in [-0.05, 0) is 96.8 Å². The van der Waals surface area contributed by atoms with E-state index in [4.69, 9.17) is 0 Å². The van der Waals surface area contributed by atoms with Gasteiger partial charge < -0.3 is 0 Å². The molecule has 2 heteroatoms. The van der Waals surface area contributed by atoms with Gasteiger partial charge in [0.2, 0.25) is 0 Å². The van der Waals surface area contributed by atoms with E-state index >= 15 is 0 Å². The Morgan fingerprint density at radius 2 is 1.52 bits per heavy atom. The van der Waals surface area contributed by atoms with Gasteiger partial charge in [0, 0.05) is 11.1 Å². The van der Waals surface area contributed by atoms with E-state index in [9.17, 15) is 0 Å². The van der Waals surface area contributed by atoms with E-state index in [2.05, 4.69) is 65.2 Å². The first-order valence-electron chi connectivity index (χ1n) is 10.0. The second kappa shape index (κ2) is 6.67. The summed E-state index contributed by atoms with van der Waals surface area (Å²) in [5, 5.41) is 0. The summed E-state index contributed by atoms with van der Waals surface area (Å²) in [6.07, 6.45) is 5.53. The van der Waals surface area contributed by atoms with E-state index in [1.807, 2.05) is 0 Å². The van der Waals surface area contributed by atoms with Crippen LogP contribution in [0.5, 0.6) is 0 Å². The van der Waals surface area contributed by atoms with E-state index in [1.54, 1.807) is 0 Å². The van der Waals surface area contributed by atoms with Crippen molar-refractivity contribution in [2.45, 2.75) is 92.2 Å². The predicted molar refractivity (Wildman–Crippen MR) is 102 cm³/mol. The fraction of sp³-hybridized carbons (Fsp3) is 1.00. The highest BCUT2D eigenvalue weighted by atomic mass is 15.2. The van der Waals surface area contributed by atoms with Crippen molar-refractivity contribution in [2.24, 2.45) is 17.3 Å². The van der Waals surface area contributed by atoms with Crippen molar-refractivity contribution in [3.63, 3.8) is 0 Å². The minimum absolute atomic E-state index is 0.360. The second-order valence-corrected chi connectivity index (χ2v) is 10.2. The highest BCUT2D eigenvalue weighted by Gasteiger charge is 2.46. The molecule has 0 radical (unpaired) electrons. The summed E-state index contributed by atoms with van der Waals surface area (Å²) in [4.78, 5) is 5.45. The Morgan fingerprint density at radius 3 is 2.00 bits per heavy atom. The van der Waals surface area contributed by atoms with Gasteiger partial charge in [0.1, 0.15) is 0 Å². The summed E-state index contributed by atoms with van der Waals surface area (Å²) in [5.74, 6) is 1.69. The molecule has 2 aliphatic heterocycles. The summed E-state index contributed by atoms with van der Waals surface area (Å²) < 4.78 is 0. The van der Waals surface area contributed by atoms with Gasteiger partial charge in [-0.1, -0.05) is 27.7 Å². The number of hydrogen-bond donors (Lipinski definition) is 0. The first-order chi connectivity index (χ1) is 10.5. The Morgan fingerprint density at radius 1 is 0.913 bits per heavy atom. The largest absolute Gasteiger partial charge is 0.298 e. The lowest BCUT2D eigenvalue weighted by molar-refractivity contribution is 0.0750. The maximum absolute atomic E-state index is 2.78. The Bertz CT molecular complexity index is 391. The molecule has 2 rings (SSSR count). The third-order valence-corrected chi connectivity index (χ3v) is 7.32. The summed E-state index contributed by atoms with van der Waals surface area (Å²) in [7, 11) is 0. The average Bonchev–Trinajstić information content (AvgIpc) is 2.86. The van der Waals surface area contributed by atoms with Gasteiger partial charge in [0.15, 0.2) is 0 Å². The van der Waals surface area contributed by atoms with Crippen LogP contribution < -0.4 is 0 Å².